The van der Waals surface area contributed by atoms with E-state index in [1.54, 1.807) is 22.6 Å². The molecular weight excluding hydrogens is 407 g/mol. The average molecular weight is 425 g/mol. The number of rotatable bonds is 6. The zero-order valence-corrected chi connectivity index (χ0v) is 17.2. The molecule has 1 amide bonds. The van der Waals surface area contributed by atoms with Crippen LogP contribution in [0.2, 0.25) is 10.0 Å². The van der Waals surface area contributed by atoms with Crippen LogP contribution in [0, 0.1) is 6.92 Å². The molecule has 0 unspecified atom stereocenters. The Morgan fingerprint density at radius 1 is 1.33 bits per heavy atom. The van der Waals surface area contributed by atoms with E-state index < -0.39 is 0 Å². The quantitative estimate of drug-likeness (QED) is 0.652. The summed E-state index contributed by atoms with van der Waals surface area (Å²) in [4.78, 5) is 31.7. The van der Waals surface area contributed by atoms with Crippen LogP contribution in [0.25, 0.3) is 4.96 Å². The van der Waals surface area contributed by atoms with E-state index in [-0.39, 0.29) is 18.0 Å². The van der Waals surface area contributed by atoms with E-state index in [1.165, 1.54) is 17.4 Å². The molecule has 0 radical (unpaired) electrons. The zero-order valence-electron chi connectivity index (χ0n) is 14.8. The Balaban J connectivity index is 1.71. The van der Waals surface area contributed by atoms with Gasteiger partial charge in [-0.05, 0) is 31.7 Å². The highest BCUT2D eigenvalue weighted by Crippen LogP contribution is 2.25. The van der Waals surface area contributed by atoms with Crippen LogP contribution in [-0.4, -0.2) is 33.3 Å². The fourth-order valence-corrected chi connectivity index (χ4v) is 3.90. The van der Waals surface area contributed by atoms with Crippen LogP contribution in [0.4, 0.5) is 5.69 Å². The van der Waals surface area contributed by atoms with Gasteiger partial charge in [0.1, 0.15) is 0 Å². The number of thiazole rings is 1. The Morgan fingerprint density at radius 2 is 2.11 bits per heavy atom. The Hall–Kier alpha value is -1.93. The summed E-state index contributed by atoms with van der Waals surface area (Å²) in [5.41, 5.74) is 1.86. The third-order valence-electron chi connectivity index (χ3n) is 4.03. The van der Waals surface area contributed by atoms with Crippen molar-refractivity contribution >= 4 is 51.1 Å². The van der Waals surface area contributed by atoms with Crippen LogP contribution in [-0.2, 0) is 11.3 Å². The minimum atomic E-state index is -0.217. The molecule has 27 heavy (non-hydrogen) atoms. The summed E-state index contributed by atoms with van der Waals surface area (Å²) in [6.07, 6.45) is 0. The zero-order chi connectivity index (χ0) is 19.6. The van der Waals surface area contributed by atoms with E-state index in [9.17, 15) is 9.59 Å². The van der Waals surface area contributed by atoms with Gasteiger partial charge in [0.2, 0.25) is 5.91 Å². The maximum Gasteiger partial charge on any atom is 0.259 e. The number of amides is 1. The topological polar surface area (TPSA) is 66.7 Å². The van der Waals surface area contributed by atoms with Gasteiger partial charge in [0.25, 0.3) is 5.56 Å². The van der Waals surface area contributed by atoms with Gasteiger partial charge in [0.05, 0.1) is 22.9 Å². The van der Waals surface area contributed by atoms with Crippen LogP contribution in [0.1, 0.15) is 18.3 Å². The normalized spacial score (nSPS) is 11.3. The number of benzene rings is 1. The van der Waals surface area contributed by atoms with Crippen molar-refractivity contribution in [3.63, 3.8) is 0 Å². The number of fused-ring (bicyclic) bond motifs is 1. The molecule has 2 aromatic heterocycles. The van der Waals surface area contributed by atoms with E-state index in [1.807, 2.05) is 24.1 Å². The summed E-state index contributed by atoms with van der Waals surface area (Å²) >= 11 is 13.5. The Morgan fingerprint density at radius 3 is 2.85 bits per heavy atom. The predicted octanol–water partition coefficient (Wildman–Crippen LogP) is 3.83. The first-order valence-corrected chi connectivity index (χ1v) is 9.95. The highest BCUT2D eigenvalue weighted by atomic mass is 35.5. The number of anilines is 1. The lowest BCUT2D eigenvalue weighted by Crippen LogP contribution is -2.33. The van der Waals surface area contributed by atoms with Gasteiger partial charge in [0.15, 0.2) is 4.96 Å². The lowest BCUT2D eigenvalue weighted by molar-refractivity contribution is -0.117. The van der Waals surface area contributed by atoms with Gasteiger partial charge in [0, 0.05) is 28.7 Å². The average Bonchev–Trinajstić information content (AvgIpc) is 2.99. The highest BCUT2D eigenvalue weighted by Gasteiger charge is 2.14. The molecule has 0 spiro atoms. The third-order valence-corrected chi connectivity index (χ3v) is 5.54. The maximum absolute atomic E-state index is 12.4. The second-order valence-electron chi connectivity index (χ2n) is 6.06. The monoisotopic (exact) mass is 424 g/mol. The van der Waals surface area contributed by atoms with E-state index in [0.29, 0.717) is 39.5 Å². The van der Waals surface area contributed by atoms with Crippen LogP contribution in [0.5, 0.6) is 0 Å². The number of likely N-dealkylation sites (N-methyl/N-ethyl adjacent to an activating group) is 1. The largest absolute Gasteiger partial charge is 0.324 e. The number of nitrogens with zero attached hydrogens (tertiary/aromatic N) is 3. The fraction of sp³-hybridized carbons (Fsp3) is 0.278. The standard InChI is InChI=1S/C18H18Cl2N4O2S/c1-3-23(9-16(25)22-15-6-12(19)4-5-14(15)20)8-13-7-17(26)24-11(2)10-27-18(24)21-13/h4-7,10H,3,8-9H2,1-2H3,(H,22,25). The third kappa shape index (κ3) is 4.68. The lowest BCUT2D eigenvalue weighted by Gasteiger charge is -2.19. The first kappa shape index (κ1) is 19.8. The molecule has 1 N–H and O–H groups in total. The molecule has 1 aromatic carbocycles. The molecule has 142 valence electrons. The van der Waals surface area contributed by atoms with Crippen molar-refractivity contribution in [1.82, 2.24) is 14.3 Å². The van der Waals surface area contributed by atoms with Gasteiger partial charge in [-0.1, -0.05) is 30.1 Å². The van der Waals surface area contributed by atoms with E-state index >= 15 is 0 Å². The minimum absolute atomic E-state index is 0.111. The summed E-state index contributed by atoms with van der Waals surface area (Å²) in [5, 5.41) is 5.57. The minimum Gasteiger partial charge on any atom is -0.324 e. The second-order valence-corrected chi connectivity index (χ2v) is 7.74. The first-order chi connectivity index (χ1) is 12.9. The first-order valence-electron chi connectivity index (χ1n) is 8.31. The van der Waals surface area contributed by atoms with Crippen molar-refractivity contribution in [2.24, 2.45) is 0 Å². The Kier molecular flexibility index (Phi) is 6.16. The number of carbonyl (C=O) groups excluding carboxylic acids is 1. The van der Waals surface area contributed by atoms with Crippen molar-refractivity contribution < 1.29 is 4.79 Å². The number of aryl methyl sites for hydroxylation is 1. The van der Waals surface area contributed by atoms with Crippen molar-refractivity contribution in [3.05, 3.63) is 61.4 Å². The molecule has 2 heterocycles. The Labute approximate surface area is 170 Å². The van der Waals surface area contributed by atoms with Gasteiger partial charge in [-0.15, -0.1) is 11.3 Å². The van der Waals surface area contributed by atoms with E-state index in [4.69, 9.17) is 23.2 Å². The summed E-state index contributed by atoms with van der Waals surface area (Å²) in [6.45, 7) is 4.98. The molecule has 0 aliphatic carbocycles. The Bertz CT molecular complexity index is 1050. The molecule has 3 rings (SSSR count). The molecular formula is C18H18Cl2N4O2S. The van der Waals surface area contributed by atoms with Crippen molar-refractivity contribution in [3.8, 4) is 0 Å². The highest BCUT2D eigenvalue weighted by molar-refractivity contribution is 7.15. The number of aromatic nitrogens is 2. The van der Waals surface area contributed by atoms with Gasteiger partial charge in [-0.2, -0.15) is 0 Å². The molecule has 0 saturated carbocycles. The van der Waals surface area contributed by atoms with Gasteiger partial charge in [-0.3, -0.25) is 18.9 Å². The van der Waals surface area contributed by atoms with Crippen LogP contribution in [0.15, 0.2) is 34.4 Å². The molecule has 0 aliphatic rings. The number of hydrogen-bond acceptors (Lipinski definition) is 5. The molecule has 0 bridgehead atoms. The molecule has 6 nitrogen and oxygen atoms in total. The van der Waals surface area contributed by atoms with Crippen molar-refractivity contribution in [2.45, 2.75) is 20.4 Å². The lowest BCUT2D eigenvalue weighted by atomic mass is 10.3. The molecule has 0 fully saturated rings. The summed E-state index contributed by atoms with van der Waals surface area (Å²) in [5.74, 6) is -0.217. The molecule has 0 saturated heterocycles. The van der Waals surface area contributed by atoms with Crippen LogP contribution < -0.4 is 10.9 Å². The van der Waals surface area contributed by atoms with Gasteiger partial charge < -0.3 is 5.32 Å². The molecule has 3 aromatic rings. The summed E-state index contributed by atoms with van der Waals surface area (Å²) < 4.78 is 1.58. The van der Waals surface area contributed by atoms with Crippen LogP contribution in [0.3, 0.4) is 0 Å². The molecule has 9 heteroatoms. The van der Waals surface area contributed by atoms with E-state index in [0.717, 1.165) is 5.69 Å². The summed E-state index contributed by atoms with van der Waals surface area (Å²) in [6, 6.07) is 6.41. The second kappa shape index (κ2) is 8.39. The van der Waals surface area contributed by atoms with Crippen LogP contribution >= 0.6 is 34.5 Å². The van der Waals surface area contributed by atoms with Gasteiger partial charge >= 0.3 is 0 Å². The predicted molar refractivity (Wildman–Crippen MR) is 110 cm³/mol. The number of carbonyl (C=O) groups is 1. The SMILES string of the molecule is CCN(CC(=O)Nc1cc(Cl)ccc1Cl)Cc1cc(=O)n2c(C)csc2n1. The number of hydrogen-bond donors (Lipinski definition) is 1. The van der Waals surface area contributed by atoms with Gasteiger partial charge in [-0.25, -0.2) is 4.98 Å². The maximum atomic E-state index is 12.4. The van der Waals surface area contributed by atoms with Crippen molar-refractivity contribution in [1.29, 1.82) is 0 Å². The smallest absolute Gasteiger partial charge is 0.259 e. The number of halogens is 2. The molecule has 0 atom stereocenters. The van der Waals surface area contributed by atoms with E-state index in [2.05, 4.69) is 10.3 Å². The van der Waals surface area contributed by atoms with Crippen molar-refractivity contribution in [2.75, 3.05) is 18.4 Å². The summed E-state index contributed by atoms with van der Waals surface area (Å²) in [7, 11) is 0. The molecule has 0 aliphatic heterocycles. The number of nitrogens with one attached hydrogen (secondary N) is 1. The fourth-order valence-electron chi connectivity index (χ4n) is 2.68.